The van der Waals surface area contributed by atoms with Crippen molar-refractivity contribution in [3.8, 4) is 17.5 Å². The number of nitriles is 1. The number of azide groups is 1. The number of anilines is 2. The maximum absolute atomic E-state index is 13.4. The largest absolute Gasteiger partial charge is 0.338 e. The van der Waals surface area contributed by atoms with Crippen LogP contribution < -0.4 is 10.6 Å². The number of tetrazole rings is 1. The molecule has 0 fully saturated rings. The number of nitrogens with zero attached hydrogens (tertiary/aromatic N) is 8. The van der Waals surface area contributed by atoms with Gasteiger partial charge in [-0.2, -0.15) is 10.5 Å². The molecule has 2 aromatic heterocycles. The number of benzene rings is 3. The molecule has 0 radical (unpaired) electrons. The fourth-order valence-corrected chi connectivity index (χ4v) is 4.70. The van der Waals surface area contributed by atoms with Crippen LogP contribution in [-0.2, 0) is 7.05 Å². The fraction of sp³-hybridized carbons (Fsp3) is 0.0400. The van der Waals surface area contributed by atoms with Crippen LogP contribution in [0.2, 0.25) is 0 Å². The molecule has 0 spiro atoms. The lowest BCUT2D eigenvalue weighted by Crippen LogP contribution is -2.17. The number of hydrogen-bond acceptors (Lipinski definition) is 7. The molecule has 14 heteroatoms. The van der Waals surface area contributed by atoms with E-state index in [1.165, 1.54) is 0 Å². The molecule has 5 aromatic rings. The van der Waals surface area contributed by atoms with E-state index < -0.39 is 5.91 Å². The Hall–Kier alpha value is -5.26. The van der Waals surface area contributed by atoms with Crippen LogP contribution in [0.25, 0.3) is 32.7 Å². The first-order valence-corrected chi connectivity index (χ1v) is 12.3. The molecule has 39 heavy (non-hydrogen) atoms. The summed E-state index contributed by atoms with van der Waals surface area (Å²) in [6, 6.07) is 18.7. The van der Waals surface area contributed by atoms with Gasteiger partial charge in [0.1, 0.15) is 5.69 Å². The SMILES string of the molecule is Cn1c(C(=O)Nc2ccc(C#N)cc2-c2nn[nH]n2)cc2cccc(NC(=O)c3ccc(N=[N+]=[N-])c(I)c3)c21. The Kier molecular flexibility index (Phi) is 6.91. The molecule has 3 N–H and O–H groups in total. The molecule has 2 heterocycles. The number of nitrogens with one attached hydrogen (secondary N) is 3. The summed E-state index contributed by atoms with van der Waals surface area (Å²) in [6.07, 6.45) is 0. The van der Waals surface area contributed by atoms with Crippen LogP contribution in [0, 0.1) is 14.9 Å². The number of amides is 2. The minimum absolute atomic E-state index is 0.228. The monoisotopic (exact) mass is 629 g/mol. The molecule has 0 atom stereocenters. The second-order valence-electron chi connectivity index (χ2n) is 8.20. The standard InChI is InChI=1S/C25H16IN11O2/c1-37-21(25(39)29-18-7-5-13(12-27)9-16(18)23-32-35-36-33-23)11-14-3-2-4-20(22(14)37)30-24(38)15-6-8-19(31-34-28)17(26)10-15/h2-11H,1H3,(H,29,39)(H,30,38)(H,32,33,35,36). The van der Waals surface area contributed by atoms with Crippen molar-refractivity contribution in [2.24, 2.45) is 12.2 Å². The highest BCUT2D eigenvalue weighted by Gasteiger charge is 2.20. The van der Waals surface area contributed by atoms with Crippen molar-refractivity contribution in [1.82, 2.24) is 25.2 Å². The zero-order chi connectivity index (χ0) is 27.5. The predicted octanol–water partition coefficient (Wildman–Crippen LogP) is 5.28. The molecule has 0 aliphatic heterocycles. The van der Waals surface area contributed by atoms with Gasteiger partial charge < -0.3 is 15.2 Å². The average molecular weight is 629 g/mol. The van der Waals surface area contributed by atoms with E-state index in [-0.39, 0.29) is 11.7 Å². The maximum Gasteiger partial charge on any atom is 0.272 e. The highest BCUT2D eigenvalue weighted by Crippen LogP contribution is 2.30. The average Bonchev–Trinajstić information content (AvgIpc) is 3.59. The molecule has 0 bridgehead atoms. The van der Waals surface area contributed by atoms with E-state index in [1.54, 1.807) is 66.2 Å². The van der Waals surface area contributed by atoms with Gasteiger partial charge in [0.05, 0.1) is 34.2 Å². The molecule has 13 nitrogen and oxygen atoms in total. The van der Waals surface area contributed by atoms with Crippen LogP contribution in [0.15, 0.2) is 65.8 Å². The normalized spacial score (nSPS) is 10.5. The summed E-state index contributed by atoms with van der Waals surface area (Å²) < 4.78 is 2.32. The number of aromatic nitrogens is 5. The molecule has 3 aromatic carbocycles. The lowest BCUT2D eigenvalue weighted by atomic mass is 10.1. The van der Waals surface area contributed by atoms with Crippen molar-refractivity contribution in [2.75, 3.05) is 10.6 Å². The Morgan fingerprint density at radius 2 is 1.92 bits per heavy atom. The first kappa shape index (κ1) is 25.4. The number of aromatic amines is 1. The van der Waals surface area contributed by atoms with Crippen molar-refractivity contribution in [2.45, 2.75) is 0 Å². The Morgan fingerprint density at radius 1 is 1.10 bits per heavy atom. The highest BCUT2D eigenvalue weighted by atomic mass is 127. The third kappa shape index (κ3) is 4.99. The van der Waals surface area contributed by atoms with E-state index in [4.69, 9.17) is 5.53 Å². The second kappa shape index (κ2) is 10.6. The quantitative estimate of drug-likeness (QED) is 0.0991. The first-order chi connectivity index (χ1) is 18.9. The number of para-hydroxylation sites is 1. The van der Waals surface area contributed by atoms with Crippen LogP contribution >= 0.6 is 22.6 Å². The summed E-state index contributed by atoms with van der Waals surface area (Å²) >= 11 is 2.00. The Balaban J connectivity index is 1.45. The summed E-state index contributed by atoms with van der Waals surface area (Å²) in [6.45, 7) is 0. The zero-order valence-electron chi connectivity index (χ0n) is 20.0. The van der Waals surface area contributed by atoms with Crippen molar-refractivity contribution in [3.05, 3.63) is 91.5 Å². The van der Waals surface area contributed by atoms with E-state index in [9.17, 15) is 14.9 Å². The number of rotatable bonds is 6. The van der Waals surface area contributed by atoms with Gasteiger partial charge in [0.15, 0.2) is 0 Å². The molecule has 0 saturated heterocycles. The number of carbonyl (C=O) groups is 2. The minimum atomic E-state index is -0.413. The van der Waals surface area contributed by atoms with Crippen LogP contribution in [0.1, 0.15) is 26.4 Å². The van der Waals surface area contributed by atoms with E-state index in [0.29, 0.717) is 48.5 Å². The van der Waals surface area contributed by atoms with Gasteiger partial charge in [0.25, 0.3) is 11.8 Å². The van der Waals surface area contributed by atoms with E-state index in [1.807, 2.05) is 28.7 Å². The molecule has 2 amide bonds. The van der Waals surface area contributed by atoms with Gasteiger partial charge in [-0.3, -0.25) is 9.59 Å². The minimum Gasteiger partial charge on any atom is -0.338 e. The van der Waals surface area contributed by atoms with Gasteiger partial charge in [0.2, 0.25) is 5.82 Å². The number of carbonyl (C=O) groups excluding carboxylic acids is 2. The molecule has 0 unspecified atom stereocenters. The zero-order valence-corrected chi connectivity index (χ0v) is 22.2. The molecule has 5 rings (SSSR count). The van der Waals surface area contributed by atoms with Crippen molar-refractivity contribution >= 4 is 62.4 Å². The van der Waals surface area contributed by atoms with Gasteiger partial charge in [0, 0.05) is 32.0 Å². The number of H-pyrrole nitrogens is 1. The summed E-state index contributed by atoms with van der Waals surface area (Å²) in [7, 11) is 1.73. The summed E-state index contributed by atoms with van der Waals surface area (Å²) in [5.41, 5.74) is 12.2. The van der Waals surface area contributed by atoms with Crippen LogP contribution in [0.3, 0.4) is 0 Å². The third-order valence-corrected chi connectivity index (χ3v) is 6.75. The Bertz CT molecular complexity index is 1850. The van der Waals surface area contributed by atoms with E-state index in [0.717, 1.165) is 5.39 Å². The van der Waals surface area contributed by atoms with Crippen LogP contribution in [-0.4, -0.2) is 37.0 Å². The molecular weight excluding hydrogens is 613 g/mol. The summed E-state index contributed by atoms with van der Waals surface area (Å²) in [5.74, 6) is -0.544. The van der Waals surface area contributed by atoms with Crippen molar-refractivity contribution in [1.29, 1.82) is 5.26 Å². The second-order valence-corrected chi connectivity index (χ2v) is 9.37. The predicted molar refractivity (Wildman–Crippen MR) is 151 cm³/mol. The lowest BCUT2D eigenvalue weighted by Gasteiger charge is -2.12. The number of fused-ring (bicyclic) bond motifs is 1. The molecular formula is C25H16IN11O2. The molecule has 190 valence electrons. The summed E-state index contributed by atoms with van der Waals surface area (Å²) in [4.78, 5) is 29.2. The number of aryl methyl sites for hydroxylation is 1. The Labute approximate surface area is 233 Å². The topological polar surface area (TPSA) is 190 Å². The molecule has 0 saturated carbocycles. The van der Waals surface area contributed by atoms with Crippen LogP contribution in [0.5, 0.6) is 0 Å². The van der Waals surface area contributed by atoms with Gasteiger partial charge in [-0.1, -0.05) is 23.3 Å². The number of halogens is 1. The lowest BCUT2D eigenvalue weighted by molar-refractivity contribution is 0.101. The Morgan fingerprint density at radius 3 is 2.64 bits per heavy atom. The van der Waals surface area contributed by atoms with E-state index in [2.05, 4.69) is 47.4 Å². The van der Waals surface area contributed by atoms with Crippen LogP contribution in [0.4, 0.5) is 17.1 Å². The van der Waals surface area contributed by atoms with Crippen molar-refractivity contribution in [3.63, 3.8) is 0 Å². The van der Waals surface area contributed by atoms with Crippen molar-refractivity contribution < 1.29 is 9.59 Å². The van der Waals surface area contributed by atoms with Gasteiger partial charge in [-0.05, 0) is 75.8 Å². The third-order valence-electron chi connectivity index (χ3n) is 5.88. The number of hydrogen-bond donors (Lipinski definition) is 3. The molecule has 0 aliphatic rings. The van der Waals surface area contributed by atoms with E-state index >= 15 is 0 Å². The first-order valence-electron chi connectivity index (χ1n) is 11.2. The van der Waals surface area contributed by atoms with Gasteiger partial charge >= 0.3 is 0 Å². The molecule has 0 aliphatic carbocycles. The maximum atomic E-state index is 13.4. The fourth-order valence-electron chi connectivity index (χ4n) is 4.08. The van der Waals surface area contributed by atoms with Gasteiger partial charge in [-0.15, -0.1) is 10.2 Å². The smallest absolute Gasteiger partial charge is 0.272 e. The van der Waals surface area contributed by atoms with Gasteiger partial charge in [-0.25, -0.2) is 0 Å². The highest BCUT2D eigenvalue weighted by molar-refractivity contribution is 14.1. The summed E-state index contributed by atoms with van der Waals surface area (Å²) in [5, 5.41) is 33.2.